The maximum atomic E-state index is 12.1. The SMILES string of the molecule is CC1CCCN(C(=O)C(=O)Nc2ccccc2C#N)C1. The van der Waals surface area contributed by atoms with Crippen molar-refractivity contribution >= 4 is 17.5 Å². The third kappa shape index (κ3) is 3.15. The molecule has 1 atom stereocenters. The molecule has 1 saturated heterocycles. The first-order valence-electron chi connectivity index (χ1n) is 6.71. The van der Waals surface area contributed by atoms with Gasteiger partial charge in [-0.3, -0.25) is 9.59 Å². The van der Waals surface area contributed by atoms with Gasteiger partial charge in [-0.1, -0.05) is 19.1 Å². The van der Waals surface area contributed by atoms with Crippen LogP contribution in [0.3, 0.4) is 0 Å². The Morgan fingerprint density at radius 1 is 1.40 bits per heavy atom. The van der Waals surface area contributed by atoms with Gasteiger partial charge in [0.25, 0.3) is 0 Å². The largest absolute Gasteiger partial charge is 0.334 e. The topological polar surface area (TPSA) is 73.2 Å². The summed E-state index contributed by atoms with van der Waals surface area (Å²) in [5.41, 5.74) is 0.721. The molecule has 0 spiro atoms. The second kappa shape index (κ2) is 6.20. The molecule has 5 nitrogen and oxygen atoms in total. The average molecular weight is 271 g/mol. The summed E-state index contributed by atoms with van der Waals surface area (Å²) in [6.07, 6.45) is 2.01. The van der Waals surface area contributed by atoms with E-state index in [2.05, 4.69) is 12.2 Å². The van der Waals surface area contributed by atoms with Crippen molar-refractivity contribution in [2.75, 3.05) is 18.4 Å². The molecular formula is C15H17N3O2. The summed E-state index contributed by atoms with van der Waals surface area (Å²) >= 11 is 0. The molecule has 104 valence electrons. The zero-order valence-corrected chi connectivity index (χ0v) is 11.4. The van der Waals surface area contributed by atoms with E-state index in [1.807, 2.05) is 6.07 Å². The van der Waals surface area contributed by atoms with Crippen LogP contribution in [-0.4, -0.2) is 29.8 Å². The van der Waals surface area contributed by atoms with Gasteiger partial charge in [0.1, 0.15) is 6.07 Å². The number of carbonyl (C=O) groups is 2. The Labute approximate surface area is 118 Å². The van der Waals surface area contributed by atoms with Gasteiger partial charge in [0.05, 0.1) is 11.3 Å². The van der Waals surface area contributed by atoms with Crippen LogP contribution in [0.2, 0.25) is 0 Å². The third-order valence-electron chi connectivity index (χ3n) is 3.43. The van der Waals surface area contributed by atoms with Crippen LogP contribution in [0.1, 0.15) is 25.3 Å². The summed E-state index contributed by atoms with van der Waals surface area (Å²) in [5.74, 6) is -0.780. The molecule has 0 aromatic heterocycles. The van der Waals surface area contributed by atoms with Crippen LogP contribution in [0.4, 0.5) is 5.69 Å². The van der Waals surface area contributed by atoms with Gasteiger partial charge in [-0.15, -0.1) is 0 Å². The monoisotopic (exact) mass is 271 g/mol. The van der Waals surface area contributed by atoms with Gasteiger partial charge in [-0.25, -0.2) is 0 Å². The lowest BCUT2D eigenvalue weighted by Crippen LogP contribution is -2.44. The molecule has 20 heavy (non-hydrogen) atoms. The minimum Gasteiger partial charge on any atom is -0.334 e. The number of amides is 2. The first-order valence-corrected chi connectivity index (χ1v) is 6.71. The summed E-state index contributed by atoms with van der Waals surface area (Å²) in [6, 6.07) is 8.62. The summed E-state index contributed by atoms with van der Waals surface area (Å²) in [4.78, 5) is 25.6. The van der Waals surface area contributed by atoms with Crippen molar-refractivity contribution in [3.63, 3.8) is 0 Å². The highest BCUT2D eigenvalue weighted by Gasteiger charge is 2.26. The van der Waals surface area contributed by atoms with Gasteiger partial charge in [-0.2, -0.15) is 5.26 Å². The summed E-state index contributed by atoms with van der Waals surface area (Å²) < 4.78 is 0. The Balaban J connectivity index is 2.04. The van der Waals surface area contributed by atoms with Crippen molar-refractivity contribution in [1.29, 1.82) is 5.26 Å². The molecule has 2 rings (SSSR count). The summed E-state index contributed by atoms with van der Waals surface area (Å²) in [7, 11) is 0. The van der Waals surface area contributed by atoms with E-state index < -0.39 is 11.8 Å². The molecule has 0 bridgehead atoms. The Morgan fingerprint density at radius 3 is 2.85 bits per heavy atom. The van der Waals surface area contributed by atoms with Crippen LogP contribution in [0.15, 0.2) is 24.3 Å². The fourth-order valence-electron chi connectivity index (χ4n) is 2.38. The van der Waals surface area contributed by atoms with Crippen LogP contribution in [0, 0.1) is 17.2 Å². The summed E-state index contributed by atoms with van der Waals surface area (Å²) in [6.45, 7) is 3.31. The predicted octanol–water partition coefficient (Wildman–Crippen LogP) is 1.76. The van der Waals surface area contributed by atoms with E-state index >= 15 is 0 Å². The highest BCUT2D eigenvalue weighted by Crippen LogP contribution is 2.17. The van der Waals surface area contributed by atoms with Gasteiger partial charge in [0.2, 0.25) is 0 Å². The molecule has 5 heteroatoms. The minimum atomic E-state index is -0.679. The quantitative estimate of drug-likeness (QED) is 0.791. The molecule has 0 saturated carbocycles. The molecule has 0 radical (unpaired) electrons. The lowest BCUT2D eigenvalue weighted by atomic mass is 10.0. The van der Waals surface area contributed by atoms with Crippen LogP contribution in [0.25, 0.3) is 0 Å². The molecule has 2 amide bonds. The fraction of sp³-hybridized carbons (Fsp3) is 0.400. The highest BCUT2D eigenvalue weighted by atomic mass is 16.2. The van der Waals surface area contributed by atoms with E-state index in [0.717, 1.165) is 12.8 Å². The number of nitrogens with one attached hydrogen (secondary N) is 1. The molecule has 1 aromatic carbocycles. The van der Waals surface area contributed by atoms with Crippen molar-refractivity contribution in [2.24, 2.45) is 5.92 Å². The van der Waals surface area contributed by atoms with Gasteiger partial charge in [0.15, 0.2) is 0 Å². The Hall–Kier alpha value is -2.35. The highest BCUT2D eigenvalue weighted by molar-refractivity contribution is 6.39. The van der Waals surface area contributed by atoms with Gasteiger partial charge < -0.3 is 10.2 Å². The predicted molar refractivity (Wildman–Crippen MR) is 74.8 cm³/mol. The van der Waals surface area contributed by atoms with Gasteiger partial charge in [0, 0.05) is 13.1 Å². The number of anilines is 1. The zero-order chi connectivity index (χ0) is 14.5. The van der Waals surface area contributed by atoms with Crippen LogP contribution >= 0.6 is 0 Å². The number of hydrogen-bond donors (Lipinski definition) is 1. The lowest BCUT2D eigenvalue weighted by Gasteiger charge is -2.30. The van der Waals surface area contributed by atoms with Crippen LogP contribution in [-0.2, 0) is 9.59 Å². The van der Waals surface area contributed by atoms with Gasteiger partial charge >= 0.3 is 11.8 Å². The van der Waals surface area contributed by atoms with E-state index in [0.29, 0.717) is 30.3 Å². The average Bonchev–Trinajstić information content (AvgIpc) is 2.47. The molecule has 1 unspecified atom stereocenters. The fourth-order valence-corrected chi connectivity index (χ4v) is 2.38. The molecule has 1 fully saturated rings. The van der Waals surface area contributed by atoms with Crippen LogP contribution < -0.4 is 5.32 Å². The number of likely N-dealkylation sites (tertiary alicyclic amines) is 1. The second-order valence-electron chi connectivity index (χ2n) is 5.11. The van der Waals surface area contributed by atoms with E-state index in [-0.39, 0.29) is 0 Å². The first kappa shape index (κ1) is 14.1. The van der Waals surface area contributed by atoms with E-state index in [4.69, 9.17) is 5.26 Å². The molecule has 1 heterocycles. The molecule has 1 N–H and O–H groups in total. The Kier molecular flexibility index (Phi) is 4.36. The number of carbonyl (C=O) groups excluding carboxylic acids is 2. The molecule has 1 aliphatic rings. The maximum absolute atomic E-state index is 12.1. The van der Waals surface area contributed by atoms with Crippen LogP contribution in [0.5, 0.6) is 0 Å². The van der Waals surface area contributed by atoms with Crippen molar-refractivity contribution < 1.29 is 9.59 Å². The lowest BCUT2D eigenvalue weighted by molar-refractivity contribution is -0.144. The number of piperidine rings is 1. The number of hydrogen-bond acceptors (Lipinski definition) is 3. The molecular weight excluding hydrogens is 254 g/mol. The van der Waals surface area contributed by atoms with Crippen molar-refractivity contribution in [2.45, 2.75) is 19.8 Å². The second-order valence-corrected chi connectivity index (χ2v) is 5.11. The van der Waals surface area contributed by atoms with Gasteiger partial charge in [-0.05, 0) is 30.9 Å². The minimum absolute atomic E-state index is 0.348. The zero-order valence-electron chi connectivity index (χ0n) is 11.4. The third-order valence-corrected chi connectivity index (χ3v) is 3.43. The maximum Gasteiger partial charge on any atom is 0.313 e. The summed E-state index contributed by atoms with van der Waals surface area (Å²) in [5, 5.41) is 11.5. The Morgan fingerprint density at radius 2 is 2.15 bits per heavy atom. The first-order chi connectivity index (χ1) is 9.61. The van der Waals surface area contributed by atoms with Crippen molar-refractivity contribution in [1.82, 2.24) is 4.90 Å². The number of rotatable bonds is 1. The molecule has 0 aliphatic carbocycles. The number of para-hydroxylation sites is 1. The Bertz CT molecular complexity index is 562. The van der Waals surface area contributed by atoms with E-state index in [1.54, 1.807) is 29.2 Å². The normalized spacial score (nSPS) is 18.2. The van der Waals surface area contributed by atoms with E-state index in [1.165, 1.54) is 0 Å². The molecule has 1 aromatic rings. The standard InChI is InChI=1S/C15H17N3O2/c1-11-5-4-8-18(10-11)15(20)14(19)17-13-7-3-2-6-12(13)9-16/h2-3,6-7,11H,4-5,8,10H2,1H3,(H,17,19). The number of benzene rings is 1. The van der Waals surface area contributed by atoms with E-state index in [9.17, 15) is 9.59 Å². The van der Waals surface area contributed by atoms with Crippen molar-refractivity contribution in [3.8, 4) is 6.07 Å². The molecule has 1 aliphatic heterocycles. The van der Waals surface area contributed by atoms with Crippen molar-refractivity contribution in [3.05, 3.63) is 29.8 Å². The number of nitriles is 1. The smallest absolute Gasteiger partial charge is 0.313 e. The number of nitrogens with zero attached hydrogens (tertiary/aromatic N) is 2.